The monoisotopic (exact) mass is 445 g/mol. The lowest BCUT2D eigenvalue weighted by Crippen LogP contribution is -2.37. The number of aromatic nitrogens is 1. The summed E-state index contributed by atoms with van der Waals surface area (Å²) in [7, 11) is 0. The van der Waals surface area contributed by atoms with Gasteiger partial charge < -0.3 is 4.42 Å². The Kier molecular flexibility index (Phi) is 4.55. The fourth-order valence-electron chi connectivity index (χ4n) is 6.62. The second-order valence-corrected chi connectivity index (χ2v) is 10.6. The molecule has 0 fully saturated rings. The Bertz CT molecular complexity index is 1560. The molecule has 2 aromatic heterocycles. The Morgan fingerprint density at radius 1 is 0.765 bits per heavy atom. The minimum atomic E-state index is -0.0314. The highest BCUT2D eigenvalue weighted by Gasteiger charge is 2.48. The molecule has 0 amide bonds. The molecule has 0 N–H and O–H groups in total. The lowest BCUT2D eigenvalue weighted by atomic mass is 9.63. The summed E-state index contributed by atoms with van der Waals surface area (Å²) < 4.78 is 6.69. The molecule has 0 atom stereocenters. The van der Waals surface area contributed by atoms with Gasteiger partial charge in [-0.1, -0.05) is 70.2 Å². The van der Waals surface area contributed by atoms with E-state index in [1.165, 1.54) is 33.2 Å². The van der Waals surface area contributed by atoms with E-state index in [0.717, 1.165) is 33.4 Å². The van der Waals surface area contributed by atoms with Gasteiger partial charge in [0, 0.05) is 27.9 Å². The van der Waals surface area contributed by atoms with Gasteiger partial charge in [0.1, 0.15) is 11.2 Å². The summed E-state index contributed by atoms with van der Waals surface area (Å²) in [5, 5.41) is 2.34. The van der Waals surface area contributed by atoms with Gasteiger partial charge in [0.2, 0.25) is 0 Å². The van der Waals surface area contributed by atoms with Crippen molar-refractivity contribution in [3.05, 3.63) is 89.1 Å². The molecule has 2 heterocycles. The SMILES string of the molecule is Cc1ccc(-c2c(C)ccc3c2oc2cc4c(cc23)-c2ccccc2C4(C(C)C)C(C)C)nc1. The average molecular weight is 446 g/mol. The van der Waals surface area contributed by atoms with E-state index in [-0.39, 0.29) is 5.41 Å². The van der Waals surface area contributed by atoms with Crippen molar-refractivity contribution in [2.45, 2.75) is 47.0 Å². The number of hydrogen-bond acceptors (Lipinski definition) is 2. The van der Waals surface area contributed by atoms with Gasteiger partial charge in [-0.3, -0.25) is 4.98 Å². The fourth-order valence-corrected chi connectivity index (χ4v) is 6.62. The van der Waals surface area contributed by atoms with E-state index in [9.17, 15) is 0 Å². The second kappa shape index (κ2) is 7.30. The van der Waals surface area contributed by atoms with Crippen molar-refractivity contribution in [2.24, 2.45) is 11.8 Å². The van der Waals surface area contributed by atoms with E-state index < -0.39 is 0 Å². The van der Waals surface area contributed by atoms with Crippen molar-refractivity contribution >= 4 is 21.9 Å². The number of furan rings is 1. The van der Waals surface area contributed by atoms with Crippen LogP contribution in [0.4, 0.5) is 0 Å². The zero-order chi connectivity index (χ0) is 23.8. The molecular formula is C32H31NO. The minimum Gasteiger partial charge on any atom is -0.455 e. The smallest absolute Gasteiger partial charge is 0.145 e. The van der Waals surface area contributed by atoms with Gasteiger partial charge in [0.15, 0.2) is 0 Å². The number of pyridine rings is 1. The molecule has 0 unspecified atom stereocenters. The van der Waals surface area contributed by atoms with Crippen molar-refractivity contribution < 1.29 is 4.42 Å². The Morgan fingerprint density at radius 3 is 2.24 bits per heavy atom. The first kappa shape index (κ1) is 21.2. The third kappa shape index (κ3) is 2.66. The number of hydrogen-bond donors (Lipinski definition) is 0. The van der Waals surface area contributed by atoms with E-state index in [4.69, 9.17) is 9.40 Å². The Hall–Kier alpha value is -3.39. The molecule has 3 aromatic carbocycles. The number of benzene rings is 3. The third-order valence-electron chi connectivity index (χ3n) is 8.09. The predicted octanol–water partition coefficient (Wildman–Crippen LogP) is 8.84. The van der Waals surface area contributed by atoms with Crippen molar-refractivity contribution in [3.8, 4) is 22.4 Å². The Balaban J connectivity index is 1.70. The molecule has 5 aromatic rings. The highest BCUT2D eigenvalue weighted by atomic mass is 16.3. The maximum absolute atomic E-state index is 6.69. The molecule has 0 saturated heterocycles. The highest BCUT2D eigenvalue weighted by molar-refractivity contribution is 6.11. The second-order valence-electron chi connectivity index (χ2n) is 10.6. The standard InChI is InChI=1S/C32H31NO/c1-18(2)32(19(3)4)26-10-8-7-9-22(26)24-15-25-23-13-12-21(6)30(28-14-11-20(5)17-33-28)31(23)34-29(25)16-27(24)32/h7-19H,1-6H3. The van der Waals surface area contributed by atoms with Crippen LogP contribution in [-0.2, 0) is 5.41 Å². The van der Waals surface area contributed by atoms with Crippen molar-refractivity contribution in [1.82, 2.24) is 4.98 Å². The molecule has 170 valence electrons. The summed E-state index contributed by atoms with van der Waals surface area (Å²) in [6, 6.07) is 22.3. The largest absolute Gasteiger partial charge is 0.455 e. The first-order valence-electron chi connectivity index (χ1n) is 12.4. The first-order chi connectivity index (χ1) is 16.3. The topological polar surface area (TPSA) is 26.0 Å². The summed E-state index contributed by atoms with van der Waals surface area (Å²) in [5.41, 5.74) is 11.8. The number of aryl methyl sites for hydroxylation is 2. The summed E-state index contributed by atoms with van der Waals surface area (Å²) in [6.07, 6.45) is 1.93. The van der Waals surface area contributed by atoms with Gasteiger partial charge >= 0.3 is 0 Å². The van der Waals surface area contributed by atoms with Crippen LogP contribution in [0.25, 0.3) is 44.3 Å². The van der Waals surface area contributed by atoms with Crippen LogP contribution in [0.1, 0.15) is 49.9 Å². The maximum Gasteiger partial charge on any atom is 0.145 e. The zero-order valence-electron chi connectivity index (χ0n) is 20.9. The molecule has 1 aliphatic carbocycles. The normalized spacial score (nSPS) is 14.4. The van der Waals surface area contributed by atoms with Gasteiger partial charge in [-0.05, 0) is 77.3 Å². The van der Waals surface area contributed by atoms with Gasteiger partial charge in [-0.15, -0.1) is 0 Å². The fraction of sp³-hybridized carbons (Fsp3) is 0.281. The number of fused-ring (bicyclic) bond motifs is 6. The lowest BCUT2D eigenvalue weighted by molar-refractivity contribution is 0.280. The van der Waals surface area contributed by atoms with Crippen LogP contribution in [0.5, 0.6) is 0 Å². The summed E-state index contributed by atoms with van der Waals surface area (Å²) >= 11 is 0. The minimum absolute atomic E-state index is 0.0314. The summed E-state index contributed by atoms with van der Waals surface area (Å²) in [5.74, 6) is 0.928. The lowest BCUT2D eigenvalue weighted by Gasteiger charge is -2.40. The van der Waals surface area contributed by atoms with Crippen LogP contribution >= 0.6 is 0 Å². The van der Waals surface area contributed by atoms with Gasteiger partial charge in [0.05, 0.1) is 5.69 Å². The Morgan fingerprint density at radius 2 is 1.53 bits per heavy atom. The molecule has 2 nitrogen and oxygen atoms in total. The van der Waals surface area contributed by atoms with Crippen molar-refractivity contribution in [3.63, 3.8) is 0 Å². The van der Waals surface area contributed by atoms with E-state index in [2.05, 4.69) is 102 Å². The predicted molar refractivity (Wildman–Crippen MR) is 142 cm³/mol. The zero-order valence-corrected chi connectivity index (χ0v) is 20.9. The molecular weight excluding hydrogens is 414 g/mol. The quantitative estimate of drug-likeness (QED) is 0.277. The Labute approximate surface area is 201 Å². The summed E-state index contributed by atoms with van der Waals surface area (Å²) in [4.78, 5) is 4.73. The molecule has 0 radical (unpaired) electrons. The van der Waals surface area contributed by atoms with Crippen LogP contribution < -0.4 is 0 Å². The van der Waals surface area contributed by atoms with E-state index in [1.807, 2.05) is 6.20 Å². The molecule has 34 heavy (non-hydrogen) atoms. The third-order valence-corrected chi connectivity index (χ3v) is 8.09. The van der Waals surface area contributed by atoms with Gasteiger partial charge in [-0.25, -0.2) is 0 Å². The van der Waals surface area contributed by atoms with E-state index >= 15 is 0 Å². The highest BCUT2D eigenvalue weighted by Crippen LogP contribution is 2.57. The summed E-state index contributed by atoms with van der Waals surface area (Å²) in [6.45, 7) is 13.7. The molecule has 1 aliphatic rings. The van der Waals surface area contributed by atoms with Crippen molar-refractivity contribution in [1.29, 1.82) is 0 Å². The van der Waals surface area contributed by atoms with E-state index in [0.29, 0.717) is 11.8 Å². The number of rotatable bonds is 3. The molecule has 0 spiro atoms. The molecule has 2 heteroatoms. The maximum atomic E-state index is 6.69. The number of nitrogens with zero attached hydrogens (tertiary/aromatic N) is 1. The first-order valence-corrected chi connectivity index (χ1v) is 12.4. The molecule has 0 bridgehead atoms. The van der Waals surface area contributed by atoms with Crippen LogP contribution in [0.3, 0.4) is 0 Å². The van der Waals surface area contributed by atoms with Crippen LogP contribution in [0.15, 0.2) is 71.3 Å². The van der Waals surface area contributed by atoms with E-state index in [1.54, 1.807) is 0 Å². The van der Waals surface area contributed by atoms with Crippen LogP contribution in [0, 0.1) is 25.7 Å². The molecule has 0 aliphatic heterocycles. The van der Waals surface area contributed by atoms with Gasteiger partial charge in [0.25, 0.3) is 0 Å². The van der Waals surface area contributed by atoms with Gasteiger partial charge in [-0.2, -0.15) is 0 Å². The molecule has 6 rings (SSSR count). The average Bonchev–Trinajstić information content (AvgIpc) is 3.31. The molecule has 0 saturated carbocycles. The van der Waals surface area contributed by atoms with Crippen molar-refractivity contribution in [2.75, 3.05) is 0 Å². The van der Waals surface area contributed by atoms with Crippen LogP contribution in [-0.4, -0.2) is 4.98 Å². The van der Waals surface area contributed by atoms with Crippen LogP contribution in [0.2, 0.25) is 0 Å².